The summed E-state index contributed by atoms with van der Waals surface area (Å²) in [5, 5.41) is 8.03. The third-order valence-electron chi connectivity index (χ3n) is 6.32. The van der Waals surface area contributed by atoms with E-state index in [0.29, 0.717) is 37.9 Å². The lowest BCUT2D eigenvalue weighted by Crippen LogP contribution is -2.47. The van der Waals surface area contributed by atoms with E-state index < -0.39 is 17.3 Å². The molecule has 31 heavy (non-hydrogen) atoms. The molecule has 1 saturated carbocycles. The molecule has 0 radical (unpaired) electrons. The van der Waals surface area contributed by atoms with Crippen molar-refractivity contribution >= 4 is 5.65 Å². The van der Waals surface area contributed by atoms with E-state index in [9.17, 15) is 13.2 Å². The van der Waals surface area contributed by atoms with Gasteiger partial charge in [0.05, 0.1) is 6.61 Å². The second kappa shape index (κ2) is 7.60. The maximum Gasteiger partial charge on any atom is 0.420 e. The summed E-state index contributed by atoms with van der Waals surface area (Å²) in [4.78, 5) is 2.03. The van der Waals surface area contributed by atoms with Crippen molar-refractivity contribution in [2.45, 2.75) is 44.5 Å². The van der Waals surface area contributed by atoms with Crippen molar-refractivity contribution in [2.24, 2.45) is 5.92 Å². The van der Waals surface area contributed by atoms with Crippen LogP contribution in [0.2, 0.25) is 0 Å². The molecule has 1 unspecified atom stereocenters. The summed E-state index contributed by atoms with van der Waals surface area (Å²) in [5.74, 6) is 1.13. The molecule has 0 N–H and O–H groups in total. The van der Waals surface area contributed by atoms with Gasteiger partial charge in [-0.2, -0.15) is 13.2 Å². The van der Waals surface area contributed by atoms with Crippen LogP contribution in [0.5, 0.6) is 0 Å². The second-order valence-electron chi connectivity index (χ2n) is 8.83. The zero-order valence-corrected chi connectivity index (χ0v) is 17.4. The first-order valence-corrected chi connectivity index (χ1v) is 10.7. The van der Waals surface area contributed by atoms with E-state index in [-0.39, 0.29) is 17.8 Å². The summed E-state index contributed by atoms with van der Waals surface area (Å²) < 4.78 is 49.9. The zero-order chi connectivity index (χ0) is 21.6. The highest BCUT2D eigenvalue weighted by atomic mass is 19.4. The molecule has 3 aromatic rings. The summed E-state index contributed by atoms with van der Waals surface area (Å²) in [7, 11) is 0. The van der Waals surface area contributed by atoms with Crippen LogP contribution in [0.1, 0.15) is 42.3 Å². The molecule has 3 heterocycles. The normalized spacial score (nSPS) is 22.8. The van der Waals surface area contributed by atoms with Crippen molar-refractivity contribution in [3.05, 3.63) is 65.1 Å². The molecule has 0 bridgehead atoms. The summed E-state index contributed by atoms with van der Waals surface area (Å²) in [6, 6.07) is 11.4. The Kier molecular flexibility index (Phi) is 5.01. The summed E-state index contributed by atoms with van der Waals surface area (Å²) >= 11 is 0. The Morgan fingerprint density at radius 1 is 1.13 bits per heavy atom. The first-order valence-electron chi connectivity index (χ1n) is 10.7. The number of morpholine rings is 1. The third kappa shape index (κ3) is 4.06. The van der Waals surface area contributed by atoms with Gasteiger partial charge in [0, 0.05) is 32.3 Å². The standard InChI is InChI=1S/C23H25F3N4O/c1-22(18-5-3-2-4-6-18)15-29(11-12-31-22)14-17-9-10-30-19(13-16-7-8-16)27-28-21(30)20(17)23(24,25)26/h2-6,9-10,16H,7-8,11-15H2,1H3. The minimum atomic E-state index is -4.50. The predicted molar refractivity (Wildman–Crippen MR) is 109 cm³/mol. The highest BCUT2D eigenvalue weighted by Crippen LogP contribution is 2.38. The lowest BCUT2D eigenvalue weighted by Gasteiger charge is -2.41. The van der Waals surface area contributed by atoms with E-state index in [1.54, 1.807) is 12.3 Å². The van der Waals surface area contributed by atoms with Crippen LogP contribution in [0.15, 0.2) is 42.6 Å². The highest BCUT2D eigenvalue weighted by molar-refractivity contribution is 5.53. The average Bonchev–Trinajstić information content (AvgIpc) is 3.46. The van der Waals surface area contributed by atoms with E-state index in [4.69, 9.17) is 4.74 Å². The molecule has 2 aromatic heterocycles. The van der Waals surface area contributed by atoms with Gasteiger partial charge in [0.1, 0.15) is 17.0 Å². The molecule has 5 nitrogen and oxygen atoms in total. The fourth-order valence-electron chi connectivity index (χ4n) is 4.49. The summed E-state index contributed by atoms with van der Waals surface area (Å²) in [5.41, 5.74) is -0.0952. The molecule has 0 spiro atoms. The first-order chi connectivity index (χ1) is 14.8. The van der Waals surface area contributed by atoms with Crippen LogP contribution in [0, 0.1) is 5.92 Å². The van der Waals surface area contributed by atoms with E-state index in [1.165, 1.54) is 4.40 Å². The predicted octanol–water partition coefficient (Wildman–Crippen LogP) is 4.45. The van der Waals surface area contributed by atoms with Gasteiger partial charge in [-0.15, -0.1) is 10.2 Å². The molecule has 2 fully saturated rings. The molecule has 1 aliphatic heterocycles. The molecular formula is C23H25F3N4O. The molecule has 1 aliphatic carbocycles. The number of aromatic nitrogens is 3. The number of benzene rings is 1. The lowest BCUT2D eigenvalue weighted by atomic mass is 9.93. The minimum Gasteiger partial charge on any atom is -0.368 e. The van der Waals surface area contributed by atoms with Crippen molar-refractivity contribution in [3.63, 3.8) is 0 Å². The number of pyridine rings is 1. The van der Waals surface area contributed by atoms with Crippen LogP contribution in [0.25, 0.3) is 5.65 Å². The van der Waals surface area contributed by atoms with Crippen molar-refractivity contribution < 1.29 is 17.9 Å². The van der Waals surface area contributed by atoms with Crippen molar-refractivity contribution in [2.75, 3.05) is 19.7 Å². The van der Waals surface area contributed by atoms with E-state index in [1.807, 2.05) is 42.2 Å². The number of halogens is 3. The number of nitrogens with zero attached hydrogens (tertiary/aromatic N) is 4. The number of rotatable bonds is 5. The number of hydrogen-bond donors (Lipinski definition) is 0. The Morgan fingerprint density at radius 2 is 1.90 bits per heavy atom. The van der Waals surface area contributed by atoms with Gasteiger partial charge < -0.3 is 4.74 Å². The number of hydrogen-bond acceptors (Lipinski definition) is 4. The monoisotopic (exact) mass is 430 g/mol. The summed E-state index contributed by atoms with van der Waals surface area (Å²) in [6.45, 7) is 3.72. The Morgan fingerprint density at radius 3 is 2.61 bits per heavy atom. The van der Waals surface area contributed by atoms with E-state index in [0.717, 1.165) is 18.4 Å². The van der Waals surface area contributed by atoms with Crippen LogP contribution in [0.3, 0.4) is 0 Å². The number of ether oxygens (including phenoxy) is 1. The Bertz CT molecular complexity index is 1080. The quantitative estimate of drug-likeness (QED) is 0.600. The number of fused-ring (bicyclic) bond motifs is 1. The smallest absolute Gasteiger partial charge is 0.368 e. The van der Waals surface area contributed by atoms with Gasteiger partial charge in [0.15, 0.2) is 5.65 Å². The van der Waals surface area contributed by atoms with Gasteiger partial charge in [0.25, 0.3) is 0 Å². The van der Waals surface area contributed by atoms with Gasteiger partial charge in [-0.3, -0.25) is 9.30 Å². The maximum absolute atomic E-state index is 14.1. The molecule has 2 aliphatic rings. The first kappa shape index (κ1) is 20.5. The van der Waals surface area contributed by atoms with E-state index >= 15 is 0 Å². The van der Waals surface area contributed by atoms with Crippen LogP contribution in [0.4, 0.5) is 13.2 Å². The van der Waals surface area contributed by atoms with Gasteiger partial charge >= 0.3 is 6.18 Å². The second-order valence-corrected chi connectivity index (χ2v) is 8.83. The van der Waals surface area contributed by atoms with Gasteiger partial charge in [0.2, 0.25) is 0 Å². The fourth-order valence-corrected chi connectivity index (χ4v) is 4.49. The molecule has 1 atom stereocenters. The van der Waals surface area contributed by atoms with Crippen LogP contribution >= 0.6 is 0 Å². The van der Waals surface area contributed by atoms with Crippen molar-refractivity contribution in [1.29, 1.82) is 0 Å². The average molecular weight is 430 g/mol. The molecule has 1 aromatic carbocycles. The van der Waals surface area contributed by atoms with Crippen LogP contribution in [-0.2, 0) is 29.5 Å². The maximum atomic E-state index is 14.1. The molecule has 8 heteroatoms. The topological polar surface area (TPSA) is 42.7 Å². The molecule has 164 valence electrons. The zero-order valence-electron chi connectivity index (χ0n) is 17.4. The molecule has 1 saturated heterocycles. The minimum absolute atomic E-state index is 0.0975. The number of alkyl halides is 3. The Balaban J connectivity index is 1.45. The van der Waals surface area contributed by atoms with Crippen LogP contribution in [-0.4, -0.2) is 39.2 Å². The lowest BCUT2D eigenvalue weighted by molar-refractivity contribution is -0.138. The summed E-state index contributed by atoms with van der Waals surface area (Å²) in [6.07, 6.45) is 0.0780. The van der Waals surface area contributed by atoms with Crippen molar-refractivity contribution in [1.82, 2.24) is 19.5 Å². The van der Waals surface area contributed by atoms with Gasteiger partial charge in [-0.1, -0.05) is 30.3 Å². The molecule has 0 amide bonds. The van der Waals surface area contributed by atoms with Gasteiger partial charge in [-0.05, 0) is 42.9 Å². The third-order valence-corrected chi connectivity index (χ3v) is 6.32. The fraction of sp³-hybridized carbons (Fsp3) is 0.478. The largest absolute Gasteiger partial charge is 0.420 e. The van der Waals surface area contributed by atoms with Gasteiger partial charge in [-0.25, -0.2) is 0 Å². The molecule has 5 rings (SSSR count). The highest BCUT2D eigenvalue weighted by Gasteiger charge is 2.39. The van der Waals surface area contributed by atoms with Crippen LogP contribution < -0.4 is 0 Å². The van der Waals surface area contributed by atoms with Crippen molar-refractivity contribution in [3.8, 4) is 0 Å². The Hall–Kier alpha value is -2.45. The SMILES string of the molecule is CC1(c2ccccc2)CN(Cc2ccn3c(CC4CC4)nnc3c2C(F)(F)F)CCO1. The Labute approximate surface area is 178 Å². The molecular weight excluding hydrogens is 405 g/mol. The van der Waals surface area contributed by atoms with E-state index in [2.05, 4.69) is 10.2 Å².